The number of hydrogen-bond acceptors (Lipinski definition) is 7. The second kappa shape index (κ2) is 12.4. The molecule has 0 spiro atoms. The highest BCUT2D eigenvalue weighted by Crippen LogP contribution is 2.41. The van der Waals surface area contributed by atoms with Crippen LogP contribution in [0.4, 0.5) is 11.4 Å². The fourth-order valence-electron chi connectivity index (χ4n) is 6.78. The predicted molar refractivity (Wildman–Crippen MR) is 158 cm³/mol. The van der Waals surface area contributed by atoms with E-state index in [9.17, 15) is 14.4 Å². The Morgan fingerprint density at radius 3 is 2.74 bits per heavy atom. The van der Waals surface area contributed by atoms with Crippen LogP contribution in [0.5, 0.6) is 5.75 Å². The Kier molecular flexibility index (Phi) is 8.44. The zero-order valence-electron chi connectivity index (χ0n) is 24.3. The van der Waals surface area contributed by atoms with Gasteiger partial charge in [-0.3, -0.25) is 19.4 Å². The minimum absolute atomic E-state index is 0.000123. The van der Waals surface area contributed by atoms with Crippen molar-refractivity contribution in [2.24, 2.45) is 11.8 Å². The number of anilines is 2. The van der Waals surface area contributed by atoms with Gasteiger partial charge in [0.25, 0.3) is 5.91 Å². The quantitative estimate of drug-likeness (QED) is 0.419. The third-order valence-corrected chi connectivity index (χ3v) is 9.15. The molecule has 2 atom stereocenters. The number of carbonyl (C=O) groups is 3. The Morgan fingerprint density at radius 2 is 2.00 bits per heavy atom. The first kappa shape index (κ1) is 28.6. The summed E-state index contributed by atoms with van der Waals surface area (Å²) in [5.74, 6) is -0.0474. The standard InChI is InChI=1S/C32H41N5O5/c1-41-15-5-14-36-27-17-26(9-10-28(27)42-21-29(36)38)37(25-7-8-25)31(40)23-16-22(18-34-19-23)30(39)35-32(11-2-3-12-32)24-6-4-13-33-20-24/h4,6,9-10,13,17,20,22-23,25,34H,2-3,5,7-8,11-12,14-16,18-19,21H2,1H3,(H,35,39)/t22-,23+/m0/s1. The van der Waals surface area contributed by atoms with Crippen LogP contribution in [0, 0.1) is 11.8 Å². The van der Waals surface area contributed by atoms with E-state index in [1.54, 1.807) is 18.2 Å². The van der Waals surface area contributed by atoms with Gasteiger partial charge in [0, 0.05) is 57.5 Å². The maximum atomic E-state index is 14.1. The van der Waals surface area contributed by atoms with Gasteiger partial charge in [-0.05, 0) is 68.4 Å². The van der Waals surface area contributed by atoms with Crippen LogP contribution in [0.2, 0.25) is 0 Å². The van der Waals surface area contributed by atoms with Crippen LogP contribution in [-0.2, 0) is 24.7 Å². The Hall–Kier alpha value is -3.50. The zero-order chi connectivity index (χ0) is 29.1. The molecule has 3 amide bonds. The largest absolute Gasteiger partial charge is 0.482 e. The Labute approximate surface area is 247 Å². The summed E-state index contributed by atoms with van der Waals surface area (Å²) in [7, 11) is 1.65. The number of nitrogens with zero attached hydrogens (tertiary/aromatic N) is 3. The molecule has 3 fully saturated rings. The molecule has 2 N–H and O–H groups in total. The number of methoxy groups -OCH3 is 1. The van der Waals surface area contributed by atoms with Crippen molar-refractivity contribution in [1.82, 2.24) is 15.6 Å². The maximum absolute atomic E-state index is 14.1. The second-order valence-electron chi connectivity index (χ2n) is 12.1. The van der Waals surface area contributed by atoms with E-state index in [1.165, 1.54) is 0 Å². The average molecular weight is 576 g/mol. The molecule has 1 aromatic heterocycles. The van der Waals surface area contributed by atoms with Gasteiger partial charge >= 0.3 is 0 Å². The van der Waals surface area contributed by atoms with Crippen molar-refractivity contribution < 1.29 is 23.9 Å². The van der Waals surface area contributed by atoms with Gasteiger partial charge in [-0.25, -0.2) is 0 Å². The number of rotatable bonds is 10. The SMILES string of the molecule is COCCCN1C(=O)COc2ccc(N(C(=O)[C@H]3CNC[C@@H](C(=O)NC4(c5cccnc5)CCCC4)C3)C3CC3)cc21. The molecule has 1 aromatic carbocycles. The van der Waals surface area contributed by atoms with Crippen LogP contribution in [0.25, 0.3) is 0 Å². The van der Waals surface area contributed by atoms with Crippen molar-refractivity contribution in [1.29, 1.82) is 0 Å². The molecular formula is C32H41N5O5. The predicted octanol–water partition coefficient (Wildman–Crippen LogP) is 3.15. The van der Waals surface area contributed by atoms with Crippen molar-refractivity contribution >= 4 is 29.1 Å². The molecule has 224 valence electrons. The highest BCUT2D eigenvalue weighted by molar-refractivity contribution is 6.01. The van der Waals surface area contributed by atoms with Gasteiger partial charge < -0.3 is 29.9 Å². The number of fused-ring (bicyclic) bond motifs is 1. The molecule has 2 saturated carbocycles. The van der Waals surface area contributed by atoms with E-state index in [0.717, 1.165) is 49.8 Å². The molecule has 2 aliphatic carbocycles. The summed E-state index contributed by atoms with van der Waals surface area (Å²) in [5.41, 5.74) is 2.12. The fourth-order valence-corrected chi connectivity index (χ4v) is 6.78. The highest BCUT2D eigenvalue weighted by Gasteiger charge is 2.43. The molecule has 2 aromatic rings. The van der Waals surface area contributed by atoms with Gasteiger partial charge in [0.1, 0.15) is 5.75 Å². The van der Waals surface area contributed by atoms with Gasteiger partial charge in [-0.1, -0.05) is 18.9 Å². The van der Waals surface area contributed by atoms with Crippen LogP contribution in [0.1, 0.15) is 56.9 Å². The monoisotopic (exact) mass is 575 g/mol. The van der Waals surface area contributed by atoms with Crippen molar-refractivity contribution in [3.8, 4) is 5.75 Å². The number of ether oxygens (including phenoxy) is 2. The smallest absolute Gasteiger partial charge is 0.265 e. The number of aromatic nitrogens is 1. The van der Waals surface area contributed by atoms with Crippen LogP contribution in [-0.4, -0.2) is 68.7 Å². The number of benzene rings is 1. The minimum Gasteiger partial charge on any atom is -0.482 e. The maximum Gasteiger partial charge on any atom is 0.265 e. The van der Waals surface area contributed by atoms with Gasteiger partial charge in [0.15, 0.2) is 6.61 Å². The van der Waals surface area contributed by atoms with E-state index in [0.29, 0.717) is 50.5 Å². The summed E-state index contributed by atoms with van der Waals surface area (Å²) in [6, 6.07) is 9.78. The molecule has 0 radical (unpaired) electrons. The first-order chi connectivity index (χ1) is 20.5. The number of piperidine rings is 1. The van der Waals surface area contributed by atoms with Crippen LogP contribution >= 0.6 is 0 Å². The molecule has 3 heterocycles. The number of nitrogens with one attached hydrogen (secondary N) is 2. The van der Waals surface area contributed by atoms with Crippen LogP contribution in [0.3, 0.4) is 0 Å². The first-order valence-electron chi connectivity index (χ1n) is 15.3. The lowest BCUT2D eigenvalue weighted by Gasteiger charge is -2.36. The van der Waals surface area contributed by atoms with Gasteiger partial charge in [-0.2, -0.15) is 0 Å². The third kappa shape index (κ3) is 5.87. The fraction of sp³-hybridized carbons (Fsp3) is 0.562. The summed E-state index contributed by atoms with van der Waals surface area (Å²) < 4.78 is 10.9. The van der Waals surface area contributed by atoms with Crippen molar-refractivity contribution in [2.45, 2.75) is 62.9 Å². The lowest BCUT2D eigenvalue weighted by atomic mass is 9.85. The lowest BCUT2D eigenvalue weighted by Crippen LogP contribution is -2.53. The zero-order valence-corrected chi connectivity index (χ0v) is 24.3. The normalized spacial score (nSPS) is 23.2. The first-order valence-corrected chi connectivity index (χ1v) is 15.3. The van der Waals surface area contributed by atoms with Gasteiger partial charge in [0.2, 0.25) is 11.8 Å². The van der Waals surface area contributed by atoms with E-state index < -0.39 is 0 Å². The van der Waals surface area contributed by atoms with Crippen molar-refractivity contribution in [3.05, 3.63) is 48.3 Å². The number of pyridine rings is 1. The van der Waals surface area contributed by atoms with Crippen LogP contribution in [0.15, 0.2) is 42.7 Å². The number of carbonyl (C=O) groups excluding carboxylic acids is 3. The van der Waals surface area contributed by atoms with E-state index >= 15 is 0 Å². The van der Waals surface area contributed by atoms with Crippen LogP contribution < -0.4 is 25.2 Å². The summed E-state index contributed by atoms with van der Waals surface area (Å²) in [4.78, 5) is 48.5. The average Bonchev–Trinajstić information content (AvgIpc) is 3.74. The van der Waals surface area contributed by atoms with E-state index in [1.807, 2.05) is 41.4 Å². The Bertz CT molecular complexity index is 1290. The Balaban J connectivity index is 1.18. The number of hydrogen-bond donors (Lipinski definition) is 2. The molecule has 2 aliphatic heterocycles. The third-order valence-electron chi connectivity index (χ3n) is 9.15. The molecule has 6 rings (SSSR count). The molecule has 10 nitrogen and oxygen atoms in total. The molecule has 10 heteroatoms. The molecule has 1 saturated heterocycles. The minimum atomic E-state index is -0.389. The summed E-state index contributed by atoms with van der Waals surface area (Å²) in [6.07, 6.45) is 10.6. The van der Waals surface area contributed by atoms with E-state index in [4.69, 9.17) is 9.47 Å². The summed E-state index contributed by atoms with van der Waals surface area (Å²) >= 11 is 0. The molecule has 0 bridgehead atoms. The molecule has 42 heavy (non-hydrogen) atoms. The molecule has 4 aliphatic rings. The molecular weight excluding hydrogens is 534 g/mol. The highest BCUT2D eigenvalue weighted by atomic mass is 16.5. The summed E-state index contributed by atoms with van der Waals surface area (Å²) in [5, 5.41) is 6.77. The van der Waals surface area contributed by atoms with Gasteiger partial charge in [0.05, 0.1) is 23.1 Å². The number of amides is 3. The van der Waals surface area contributed by atoms with Crippen molar-refractivity contribution in [2.75, 3.05) is 49.8 Å². The second-order valence-corrected chi connectivity index (χ2v) is 12.1. The van der Waals surface area contributed by atoms with Gasteiger partial charge in [-0.15, -0.1) is 0 Å². The van der Waals surface area contributed by atoms with E-state index in [-0.39, 0.29) is 47.7 Å². The Morgan fingerprint density at radius 1 is 1.19 bits per heavy atom. The summed E-state index contributed by atoms with van der Waals surface area (Å²) in [6.45, 7) is 2.17. The topological polar surface area (TPSA) is 113 Å². The lowest BCUT2D eigenvalue weighted by molar-refractivity contribution is -0.130. The molecule has 0 unspecified atom stereocenters. The van der Waals surface area contributed by atoms with Crippen molar-refractivity contribution in [3.63, 3.8) is 0 Å². The van der Waals surface area contributed by atoms with E-state index in [2.05, 4.69) is 15.6 Å².